The number of hydrogen-bond donors (Lipinski definition) is 1. The summed E-state index contributed by atoms with van der Waals surface area (Å²) in [6.07, 6.45) is 5.71. The molecule has 2 aromatic heterocycles. The van der Waals surface area contributed by atoms with Crippen LogP contribution in [0.3, 0.4) is 0 Å². The summed E-state index contributed by atoms with van der Waals surface area (Å²) in [4.78, 5) is 4.19. The Bertz CT molecular complexity index is 709. The van der Waals surface area contributed by atoms with Crippen molar-refractivity contribution < 1.29 is 0 Å². The van der Waals surface area contributed by atoms with Crippen LogP contribution in [0.15, 0.2) is 65.7 Å². The molecule has 0 saturated heterocycles. The Kier molecular flexibility index (Phi) is 4.31. The second-order valence-corrected chi connectivity index (χ2v) is 5.48. The highest BCUT2D eigenvalue weighted by atomic mass is 79.9. The zero-order valence-corrected chi connectivity index (χ0v) is 13.0. The first kappa shape index (κ1) is 13.8. The van der Waals surface area contributed by atoms with Crippen molar-refractivity contribution in [1.29, 1.82) is 0 Å². The Morgan fingerprint density at radius 2 is 1.90 bits per heavy atom. The van der Waals surface area contributed by atoms with Crippen LogP contribution in [-0.4, -0.2) is 14.8 Å². The van der Waals surface area contributed by atoms with Gasteiger partial charge in [-0.1, -0.05) is 30.3 Å². The zero-order valence-electron chi connectivity index (χ0n) is 11.4. The lowest BCUT2D eigenvalue weighted by molar-refractivity contribution is 0.686. The fraction of sp³-hybridized carbons (Fsp3) is 0.125. The average Bonchev–Trinajstić information content (AvgIpc) is 2.95. The summed E-state index contributed by atoms with van der Waals surface area (Å²) in [6, 6.07) is 14.2. The molecule has 5 heteroatoms. The van der Waals surface area contributed by atoms with Crippen LogP contribution in [0, 0.1) is 0 Å². The van der Waals surface area contributed by atoms with Crippen LogP contribution in [0.25, 0.3) is 0 Å². The molecule has 0 bridgehead atoms. The van der Waals surface area contributed by atoms with Gasteiger partial charge >= 0.3 is 0 Å². The lowest BCUT2D eigenvalue weighted by Crippen LogP contribution is -2.01. The molecule has 0 aliphatic heterocycles. The summed E-state index contributed by atoms with van der Waals surface area (Å²) in [5.41, 5.74) is 3.37. The fourth-order valence-electron chi connectivity index (χ4n) is 2.07. The van der Waals surface area contributed by atoms with Gasteiger partial charge in [-0.05, 0) is 33.6 Å². The van der Waals surface area contributed by atoms with Crippen LogP contribution in [-0.2, 0) is 13.1 Å². The molecule has 21 heavy (non-hydrogen) atoms. The minimum absolute atomic E-state index is 0.721. The Labute approximate surface area is 132 Å². The van der Waals surface area contributed by atoms with Crippen LogP contribution in [0.2, 0.25) is 0 Å². The van der Waals surface area contributed by atoms with Crippen molar-refractivity contribution in [3.8, 4) is 0 Å². The first-order chi connectivity index (χ1) is 10.3. The standard InChI is InChI=1S/C16H15BrN4/c17-16-15(7-4-8-18-16)19-9-14-10-20-21(12-14)11-13-5-2-1-3-6-13/h1-8,10,12,19H,9,11H2. The molecule has 0 fully saturated rings. The van der Waals surface area contributed by atoms with E-state index in [0.717, 1.165) is 28.9 Å². The molecule has 0 atom stereocenters. The van der Waals surface area contributed by atoms with Crippen LogP contribution in [0.4, 0.5) is 5.69 Å². The van der Waals surface area contributed by atoms with Crippen LogP contribution < -0.4 is 5.32 Å². The van der Waals surface area contributed by atoms with Crippen molar-refractivity contribution in [2.75, 3.05) is 5.32 Å². The summed E-state index contributed by atoms with van der Waals surface area (Å²) in [6.45, 7) is 1.51. The molecule has 3 rings (SSSR count). The van der Waals surface area contributed by atoms with E-state index in [1.54, 1.807) is 6.20 Å². The molecule has 1 N–H and O–H groups in total. The SMILES string of the molecule is Brc1ncccc1NCc1cnn(Cc2ccccc2)c1. The van der Waals surface area contributed by atoms with Gasteiger partial charge in [-0.2, -0.15) is 5.10 Å². The third kappa shape index (κ3) is 3.70. The predicted octanol–water partition coefficient (Wildman–Crippen LogP) is 3.70. The summed E-state index contributed by atoms with van der Waals surface area (Å²) in [7, 11) is 0. The van der Waals surface area contributed by atoms with Gasteiger partial charge in [0, 0.05) is 24.5 Å². The summed E-state index contributed by atoms with van der Waals surface area (Å²) < 4.78 is 2.77. The van der Waals surface area contributed by atoms with Crippen molar-refractivity contribution in [1.82, 2.24) is 14.8 Å². The van der Waals surface area contributed by atoms with Crippen molar-refractivity contribution >= 4 is 21.6 Å². The van der Waals surface area contributed by atoms with E-state index in [1.165, 1.54) is 5.56 Å². The number of pyridine rings is 1. The first-order valence-electron chi connectivity index (χ1n) is 6.71. The van der Waals surface area contributed by atoms with Gasteiger partial charge in [0.25, 0.3) is 0 Å². The van der Waals surface area contributed by atoms with Crippen LogP contribution in [0.1, 0.15) is 11.1 Å². The maximum atomic E-state index is 4.40. The number of rotatable bonds is 5. The van der Waals surface area contributed by atoms with Crippen LogP contribution >= 0.6 is 15.9 Å². The Morgan fingerprint density at radius 1 is 1.05 bits per heavy atom. The molecular formula is C16H15BrN4. The van der Waals surface area contributed by atoms with Gasteiger partial charge in [0.1, 0.15) is 4.60 Å². The summed E-state index contributed by atoms with van der Waals surface area (Å²) >= 11 is 3.42. The minimum atomic E-state index is 0.721. The highest BCUT2D eigenvalue weighted by Crippen LogP contribution is 2.19. The van der Waals surface area contributed by atoms with Crippen molar-refractivity contribution in [2.24, 2.45) is 0 Å². The number of nitrogens with one attached hydrogen (secondary N) is 1. The second kappa shape index (κ2) is 6.54. The van der Waals surface area contributed by atoms with E-state index >= 15 is 0 Å². The first-order valence-corrected chi connectivity index (χ1v) is 7.50. The third-order valence-electron chi connectivity index (χ3n) is 3.12. The quantitative estimate of drug-likeness (QED) is 0.719. The van der Waals surface area contributed by atoms with Crippen LogP contribution in [0.5, 0.6) is 0 Å². The van der Waals surface area contributed by atoms with Gasteiger partial charge in [0.15, 0.2) is 0 Å². The van der Waals surface area contributed by atoms with E-state index in [1.807, 2.05) is 41.2 Å². The third-order valence-corrected chi connectivity index (χ3v) is 3.75. The number of halogens is 1. The largest absolute Gasteiger partial charge is 0.379 e. The Balaban J connectivity index is 1.62. The lowest BCUT2D eigenvalue weighted by atomic mass is 10.2. The molecule has 0 aliphatic carbocycles. The molecule has 0 radical (unpaired) electrons. The highest BCUT2D eigenvalue weighted by molar-refractivity contribution is 9.10. The van der Waals surface area contributed by atoms with E-state index in [0.29, 0.717) is 0 Å². The van der Waals surface area contributed by atoms with Crippen molar-refractivity contribution in [3.63, 3.8) is 0 Å². The number of hydrogen-bond acceptors (Lipinski definition) is 3. The topological polar surface area (TPSA) is 42.7 Å². The normalized spacial score (nSPS) is 10.5. The van der Waals surface area contributed by atoms with Gasteiger partial charge in [0.05, 0.1) is 18.4 Å². The molecule has 0 amide bonds. The van der Waals surface area contributed by atoms with Gasteiger partial charge < -0.3 is 5.32 Å². The molecule has 0 unspecified atom stereocenters. The van der Waals surface area contributed by atoms with Gasteiger partial charge in [0.2, 0.25) is 0 Å². The average molecular weight is 343 g/mol. The zero-order chi connectivity index (χ0) is 14.5. The van der Waals surface area contributed by atoms with E-state index < -0.39 is 0 Å². The Hall–Kier alpha value is -2.14. The molecule has 4 nitrogen and oxygen atoms in total. The maximum Gasteiger partial charge on any atom is 0.129 e. The summed E-state index contributed by atoms with van der Waals surface area (Å²) in [5, 5.41) is 7.74. The van der Waals surface area contributed by atoms with Gasteiger partial charge in [-0.25, -0.2) is 4.98 Å². The maximum absolute atomic E-state index is 4.40. The molecule has 0 saturated carbocycles. The number of nitrogens with zero attached hydrogens (tertiary/aromatic N) is 3. The molecule has 0 aliphatic rings. The van der Waals surface area contributed by atoms with Crippen molar-refractivity contribution in [2.45, 2.75) is 13.1 Å². The monoisotopic (exact) mass is 342 g/mol. The summed E-state index contributed by atoms with van der Waals surface area (Å²) in [5.74, 6) is 0. The number of benzene rings is 1. The molecule has 0 spiro atoms. The van der Waals surface area contributed by atoms with E-state index in [4.69, 9.17) is 0 Å². The highest BCUT2D eigenvalue weighted by Gasteiger charge is 2.02. The lowest BCUT2D eigenvalue weighted by Gasteiger charge is -2.05. The molecule has 106 valence electrons. The molecule has 1 aromatic carbocycles. The van der Waals surface area contributed by atoms with Gasteiger partial charge in [-0.3, -0.25) is 4.68 Å². The molecule has 3 aromatic rings. The van der Waals surface area contributed by atoms with E-state index in [-0.39, 0.29) is 0 Å². The Morgan fingerprint density at radius 3 is 2.71 bits per heavy atom. The smallest absolute Gasteiger partial charge is 0.129 e. The number of aromatic nitrogens is 3. The van der Waals surface area contributed by atoms with Gasteiger partial charge in [-0.15, -0.1) is 0 Å². The molecule has 2 heterocycles. The minimum Gasteiger partial charge on any atom is -0.379 e. The second-order valence-electron chi connectivity index (χ2n) is 4.73. The predicted molar refractivity (Wildman–Crippen MR) is 87.0 cm³/mol. The molecular weight excluding hydrogens is 328 g/mol. The fourth-order valence-corrected chi connectivity index (χ4v) is 2.46. The van der Waals surface area contributed by atoms with E-state index in [2.05, 4.69) is 49.7 Å². The van der Waals surface area contributed by atoms with Crippen molar-refractivity contribution in [3.05, 3.63) is 76.8 Å². The number of anilines is 1. The van der Waals surface area contributed by atoms with E-state index in [9.17, 15) is 0 Å².